The number of nitrogens with zero attached hydrogens (tertiary/aromatic N) is 2. The highest BCUT2D eigenvalue weighted by Crippen LogP contribution is 2.29. The highest BCUT2D eigenvalue weighted by molar-refractivity contribution is 9.10. The first kappa shape index (κ1) is 10.1. The van der Waals surface area contributed by atoms with Gasteiger partial charge in [0.2, 0.25) is 0 Å². The van der Waals surface area contributed by atoms with E-state index in [1.165, 1.54) is 4.09 Å². The summed E-state index contributed by atoms with van der Waals surface area (Å²) in [6.45, 7) is 5.98. The Bertz CT molecular complexity index is 285. The van der Waals surface area contributed by atoms with Gasteiger partial charge in [-0.05, 0) is 28.8 Å². The van der Waals surface area contributed by atoms with Crippen LogP contribution in [0.5, 0.6) is 0 Å². The summed E-state index contributed by atoms with van der Waals surface area (Å²) in [7, 11) is 0. The zero-order chi connectivity index (χ0) is 9.30. The van der Waals surface area contributed by atoms with E-state index < -0.39 is 0 Å². The van der Waals surface area contributed by atoms with Crippen molar-refractivity contribution in [1.82, 2.24) is 9.19 Å². The molecule has 0 spiro atoms. The van der Waals surface area contributed by atoms with Gasteiger partial charge in [-0.25, -0.2) is 0 Å². The molecular weight excluding hydrogens is 243 g/mol. The van der Waals surface area contributed by atoms with Gasteiger partial charge in [0.15, 0.2) is 12.3 Å². The van der Waals surface area contributed by atoms with Crippen molar-refractivity contribution in [2.75, 3.05) is 0 Å². The number of hydrogen-bond acceptors (Lipinski definition) is 2. The zero-order valence-corrected chi connectivity index (χ0v) is 9.54. The highest BCUT2D eigenvalue weighted by Gasteiger charge is 2.15. The van der Waals surface area contributed by atoms with Crippen molar-refractivity contribution < 1.29 is 3.89 Å². The third kappa shape index (κ3) is 1.66. The Kier molecular flexibility index (Phi) is 3.17. The van der Waals surface area contributed by atoms with Gasteiger partial charge in [-0.1, -0.05) is 13.8 Å². The third-order valence-corrected chi connectivity index (χ3v) is 2.79. The van der Waals surface area contributed by atoms with Crippen molar-refractivity contribution in [1.29, 1.82) is 0 Å². The molecule has 0 aliphatic heterocycles. The summed E-state index contributed by atoms with van der Waals surface area (Å²) in [5, 5.41) is 3.97. The van der Waals surface area contributed by atoms with Crippen molar-refractivity contribution in [2.45, 2.75) is 26.7 Å². The van der Waals surface area contributed by atoms with Crippen LogP contribution in [0.2, 0.25) is 0 Å². The first-order valence-electron chi connectivity index (χ1n) is 3.62. The smallest absolute Gasteiger partial charge is 0.180 e. The largest absolute Gasteiger partial charge is 0.187 e. The van der Waals surface area contributed by atoms with Crippen LogP contribution >= 0.6 is 28.3 Å². The van der Waals surface area contributed by atoms with Gasteiger partial charge in [-0.3, -0.25) is 0 Å². The second-order valence-corrected chi connectivity index (χ2v) is 4.12. The molecule has 0 aliphatic rings. The minimum absolute atomic E-state index is 0.123. The lowest BCUT2D eigenvalue weighted by atomic mass is 10.1. The summed E-state index contributed by atoms with van der Waals surface area (Å²) in [6, 6.07) is 0. The molecule has 68 valence electrons. The van der Waals surface area contributed by atoms with Crippen LogP contribution in [0.3, 0.4) is 0 Å². The van der Waals surface area contributed by atoms with E-state index in [4.69, 9.17) is 0 Å². The van der Waals surface area contributed by atoms with E-state index in [2.05, 4.69) is 34.9 Å². The predicted octanol–water partition coefficient (Wildman–Crippen LogP) is 3.46. The molecule has 0 fully saturated rings. The van der Waals surface area contributed by atoms with Gasteiger partial charge in [-0.15, -0.1) is 3.89 Å². The Morgan fingerprint density at radius 2 is 2.17 bits per heavy atom. The molecule has 0 atom stereocenters. The Hall–Kier alpha value is -0.0300. The van der Waals surface area contributed by atoms with E-state index in [0.717, 1.165) is 15.9 Å². The lowest BCUT2D eigenvalue weighted by Gasteiger charge is -2.03. The fraction of sp³-hybridized carbons (Fsp3) is 0.571. The summed E-state index contributed by atoms with van der Waals surface area (Å²) in [5.41, 5.74) is 1.93. The van der Waals surface area contributed by atoms with Crippen LogP contribution in [0.15, 0.2) is 4.60 Å². The highest BCUT2D eigenvalue weighted by atomic mass is 79.9. The van der Waals surface area contributed by atoms with Gasteiger partial charge >= 0.3 is 0 Å². The van der Waals surface area contributed by atoms with Crippen LogP contribution in [0.4, 0.5) is 3.89 Å². The molecule has 0 unspecified atom stereocenters. The second kappa shape index (κ2) is 3.79. The van der Waals surface area contributed by atoms with Crippen LogP contribution in [-0.2, 0) is 0 Å². The van der Waals surface area contributed by atoms with E-state index >= 15 is 0 Å². The van der Waals surface area contributed by atoms with Crippen LogP contribution in [0.1, 0.15) is 31.0 Å². The number of halogens is 2. The van der Waals surface area contributed by atoms with Crippen molar-refractivity contribution in [2.24, 2.45) is 0 Å². The fourth-order valence-electron chi connectivity index (χ4n) is 1.18. The molecule has 1 aromatic rings. The molecule has 1 rings (SSSR count). The van der Waals surface area contributed by atoms with Gasteiger partial charge < -0.3 is 0 Å². The maximum atomic E-state index is 12.2. The maximum Gasteiger partial charge on any atom is 0.187 e. The second-order valence-electron chi connectivity index (χ2n) is 2.89. The topological polar surface area (TPSA) is 17.8 Å². The third-order valence-electron chi connectivity index (χ3n) is 1.72. The molecular formula is C7H10BrFN2S. The summed E-state index contributed by atoms with van der Waals surface area (Å²) >= 11 is 3.42. The van der Waals surface area contributed by atoms with E-state index in [1.54, 1.807) is 0 Å². The van der Waals surface area contributed by atoms with Gasteiger partial charge in [0.25, 0.3) is 0 Å². The van der Waals surface area contributed by atoms with E-state index in [9.17, 15) is 3.89 Å². The molecule has 0 radical (unpaired) electrons. The summed E-state index contributed by atoms with van der Waals surface area (Å²) in [6.07, 6.45) is 0. The molecule has 1 aromatic heterocycles. The Labute approximate surface area is 84.1 Å². The summed E-state index contributed by atoms with van der Waals surface area (Å²) < 4.78 is 14.3. The molecule has 2 nitrogen and oxygen atoms in total. The minimum Gasteiger partial charge on any atom is -0.180 e. The number of aromatic nitrogens is 2. The monoisotopic (exact) mass is 252 g/mol. The zero-order valence-electron chi connectivity index (χ0n) is 7.14. The fourth-order valence-corrected chi connectivity index (χ4v) is 2.51. The lowest BCUT2D eigenvalue weighted by Crippen LogP contribution is -1.92. The van der Waals surface area contributed by atoms with Crippen LogP contribution in [0, 0.1) is 6.92 Å². The van der Waals surface area contributed by atoms with E-state index in [1.807, 2.05) is 6.92 Å². The molecule has 0 aliphatic carbocycles. The van der Waals surface area contributed by atoms with Gasteiger partial charge in [0.05, 0.1) is 5.69 Å². The Morgan fingerprint density at radius 1 is 1.58 bits per heavy atom. The molecule has 0 N–H and O–H groups in total. The molecule has 0 aromatic carbocycles. The Balaban J connectivity index is 3.19. The minimum atomic E-state index is 0.123. The molecule has 0 saturated carbocycles. The SMILES string of the molecule is Cc1c(C(C)C)c(Br)nn1SF. The molecule has 0 bridgehead atoms. The Morgan fingerprint density at radius 3 is 2.42 bits per heavy atom. The molecule has 5 heteroatoms. The van der Waals surface area contributed by atoms with Crippen molar-refractivity contribution >= 4 is 28.3 Å². The summed E-state index contributed by atoms with van der Waals surface area (Å²) in [4.78, 5) is 0. The van der Waals surface area contributed by atoms with Gasteiger partial charge in [-0.2, -0.15) is 9.19 Å². The van der Waals surface area contributed by atoms with Crippen molar-refractivity contribution in [3.05, 3.63) is 15.9 Å². The molecule has 0 amide bonds. The maximum absolute atomic E-state index is 12.2. The van der Waals surface area contributed by atoms with Crippen molar-refractivity contribution in [3.63, 3.8) is 0 Å². The van der Waals surface area contributed by atoms with Gasteiger partial charge in [0.1, 0.15) is 4.60 Å². The quantitative estimate of drug-likeness (QED) is 0.803. The van der Waals surface area contributed by atoms with Crippen LogP contribution in [0.25, 0.3) is 0 Å². The average Bonchev–Trinajstić information content (AvgIpc) is 2.25. The van der Waals surface area contributed by atoms with E-state index in [-0.39, 0.29) is 12.3 Å². The van der Waals surface area contributed by atoms with Crippen LogP contribution in [-0.4, -0.2) is 9.19 Å². The standard InChI is InChI=1S/C7H10BrFN2S/c1-4(2)6-5(3)11(12-9)10-7(6)8/h4H,1-3H3. The van der Waals surface area contributed by atoms with Crippen LogP contribution < -0.4 is 0 Å². The first-order valence-corrected chi connectivity index (χ1v) is 5.08. The van der Waals surface area contributed by atoms with E-state index in [0.29, 0.717) is 5.92 Å². The first-order chi connectivity index (χ1) is 5.57. The predicted molar refractivity (Wildman–Crippen MR) is 52.9 cm³/mol. The summed E-state index contributed by atoms with van der Waals surface area (Å²) in [5.74, 6) is 0.361. The molecule has 0 saturated heterocycles. The van der Waals surface area contributed by atoms with Gasteiger partial charge in [0, 0.05) is 5.56 Å². The number of hydrogen-bond donors (Lipinski definition) is 0. The lowest BCUT2D eigenvalue weighted by molar-refractivity contribution is 0.841. The normalized spacial score (nSPS) is 11.2. The average molecular weight is 253 g/mol. The molecule has 12 heavy (non-hydrogen) atoms. The molecule has 1 heterocycles. The number of rotatable bonds is 2. The van der Waals surface area contributed by atoms with Crippen molar-refractivity contribution in [3.8, 4) is 0 Å².